The zero-order valence-corrected chi connectivity index (χ0v) is 11.6. The minimum Gasteiger partial charge on any atom is -0.307 e. The largest absolute Gasteiger partial charge is 0.307 e. The van der Waals surface area contributed by atoms with E-state index in [1.807, 2.05) is 0 Å². The van der Waals surface area contributed by atoms with Crippen molar-refractivity contribution in [3.8, 4) is 0 Å². The van der Waals surface area contributed by atoms with E-state index >= 15 is 0 Å². The molecule has 0 spiro atoms. The van der Waals surface area contributed by atoms with Crippen LogP contribution in [0, 0.1) is 5.92 Å². The molecular formula is C10H15Cl2N3S. The van der Waals surface area contributed by atoms with Crippen molar-refractivity contribution in [2.75, 3.05) is 11.2 Å². The number of thioether (sulfide) groups is 1. The summed E-state index contributed by atoms with van der Waals surface area (Å²) in [4.78, 5) is 4.25. The number of hydrogen-bond donors (Lipinski definition) is 2. The lowest BCUT2D eigenvalue weighted by atomic mass is 10.2. The number of nitrogens with two attached hydrogens (primary N) is 1. The van der Waals surface area contributed by atoms with Gasteiger partial charge in [-0.15, -0.1) is 11.8 Å². The Labute approximate surface area is 110 Å². The van der Waals surface area contributed by atoms with Gasteiger partial charge in [-0.2, -0.15) is 0 Å². The van der Waals surface area contributed by atoms with Gasteiger partial charge < -0.3 is 5.43 Å². The summed E-state index contributed by atoms with van der Waals surface area (Å²) in [6.07, 6.45) is 1.12. The van der Waals surface area contributed by atoms with Crippen molar-refractivity contribution < 1.29 is 0 Å². The molecule has 1 aromatic heterocycles. The predicted molar refractivity (Wildman–Crippen MR) is 72.2 cm³/mol. The minimum absolute atomic E-state index is 0.431. The molecule has 3 N–H and O–H groups in total. The molecule has 0 unspecified atom stereocenters. The first-order valence-corrected chi connectivity index (χ1v) is 6.74. The fourth-order valence-electron chi connectivity index (χ4n) is 1.04. The van der Waals surface area contributed by atoms with Crippen LogP contribution in [-0.4, -0.2) is 10.7 Å². The van der Waals surface area contributed by atoms with Crippen molar-refractivity contribution in [1.82, 2.24) is 4.98 Å². The van der Waals surface area contributed by atoms with Crippen molar-refractivity contribution in [2.45, 2.75) is 25.3 Å². The Kier molecular flexibility index (Phi) is 5.69. The summed E-state index contributed by atoms with van der Waals surface area (Å²) in [5.74, 6) is 7.41. The van der Waals surface area contributed by atoms with E-state index in [1.54, 1.807) is 17.8 Å². The summed E-state index contributed by atoms with van der Waals surface area (Å²) in [5, 5.41) is 1.76. The average Bonchev–Trinajstić information content (AvgIpc) is 2.20. The molecule has 16 heavy (non-hydrogen) atoms. The van der Waals surface area contributed by atoms with Crippen molar-refractivity contribution in [3.05, 3.63) is 16.1 Å². The van der Waals surface area contributed by atoms with Gasteiger partial charge in [0.25, 0.3) is 0 Å². The summed E-state index contributed by atoms with van der Waals surface area (Å²) in [5.41, 5.74) is 2.45. The van der Waals surface area contributed by atoms with Gasteiger partial charge in [0.1, 0.15) is 5.03 Å². The van der Waals surface area contributed by atoms with Crippen LogP contribution in [-0.2, 0) is 0 Å². The quantitative estimate of drug-likeness (QED) is 0.489. The fraction of sp³-hybridized carbons (Fsp3) is 0.500. The van der Waals surface area contributed by atoms with Gasteiger partial charge in [-0.1, -0.05) is 37.0 Å². The van der Waals surface area contributed by atoms with Crippen molar-refractivity contribution in [1.29, 1.82) is 0 Å². The van der Waals surface area contributed by atoms with Crippen molar-refractivity contribution >= 4 is 40.8 Å². The number of aromatic nitrogens is 1. The van der Waals surface area contributed by atoms with Crippen LogP contribution in [0.25, 0.3) is 0 Å². The SMILES string of the molecule is CC(C)CCSc1nc(NN)c(Cl)cc1Cl. The van der Waals surface area contributed by atoms with E-state index in [2.05, 4.69) is 24.3 Å². The molecule has 0 aromatic carbocycles. The zero-order chi connectivity index (χ0) is 12.1. The lowest BCUT2D eigenvalue weighted by Crippen LogP contribution is -2.09. The number of pyridine rings is 1. The van der Waals surface area contributed by atoms with Crippen LogP contribution in [0.2, 0.25) is 10.0 Å². The molecule has 3 nitrogen and oxygen atoms in total. The van der Waals surface area contributed by atoms with Crippen molar-refractivity contribution in [3.63, 3.8) is 0 Å². The smallest absolute Gasteiger partial charge is 0.160 e. The standard InChI is InChI=1S/C10H15Cl2N3S/c1-6(2)3-4-16-10-8(12)5-7(11)9(14-10)15-13/h5-6H,3-4,13H2,1-2H3,(H,14,15). The highest BCUT2D eigenvalue weighted by molar-refractivity contribution is 7.99. The van der Waals surface area contributed by atoms with E-state index in [9.17, 15) is 0 Å². The Hall–Kier alpha value is -0.160. The number of hydrazine groups is 1. The molecule has 1 heterocycles. The molecule has 90 valence electrons. The number of anilines is 1. The number of nitrogens with one attached hydrogen (secondary N) is 1. The van der Waals surface area contributed by atoms with Crippen LogP contribution >= 0.6 is 35.0 Å². The first kappa shape index (κ1) is 13.9. The Morgan fingerprint density at radius 1 is 1.44 bits per heavy atom. The van der Waals surface area contributed by atoms with Crippen LogP contribution in [0.3, 0.4) is 0 Å². The molecule has 0 radical (unpaired) electrons. The first-order valence-electron chi connectivity index (χ1n) is 5.00. The van der Waals surface area contributed by atoms with E-state index in [0.29, 0.717) is 21.8 Å². The van der Waals surface area contributed by atoms with Gasteiger partial charge in [-0.25, -0.2) is 10.8 Å². The Morgan fingerprint density at radius 2 is 2.12 bits per heavy atom. The molecule has 0 saturated heterocycles. The van der Waals surface area contributed by atoms with Gasteiger partial charge in [-0.05, 0) is 24.2 Å². The molecular weight excluding hydrogens is 265 g/mol. The van der Waals surface area contributed by atoms with E-state index in [-0.39, 0.29) is 0 Å². The lowest BCUT2D eigenvalue weighted by Gasteiger charge is -2.08. The second-order valence-electron chi connectivity index (χ2n) is 3.78. The highest BCUT2D eigenvalue weighted by atomic mass is 35.5. The van der Waals surface area contributed by atoms with Crippen LogP contribution in [0.1, 0.15) is 20.3 Å². The number of nitrogens with zero attached hydrogens (tertiary/aromatic N) is 1. The molecule has 0 atom stereocenters. The molecule has 0 aliphatic heterocycles. The third-order valence-corrected chi connectivity index (χ3v) is 3.68. The van der Waals surface area contributed by atoms with E-state index in [1.165, 1.54) is 0 Å². The molecule has 0 aliphatic carbocycles. The van der Waals surface area contributed by atoms with E-state index < -0.39 is 0 Å². The highest BCUT2D eigenvalue weighted by Crippen LogP contribution is 2.32. The summed E-state index contributed by atoms with van der Waals surface area (Å²) < 4.78 is 0. The molecule has 0 aliphatic rings. The zero-order valence-electron chi connectivity index (χ0n) is 9.26. The molecule has 0 bridgehead atoms. The van der Waals surface area contributed by atoms with Gasteiger partial charge in [0.05, 0.1) is 10.0 Å². The van der Waals surface area contributed by atoms with Crippen molar-refractivity contribution in [2.24, 2.45) is 11.8 Å². The second-order valence-corrected chi connectivity index (χ2v) is 5.68. The molecule has 1 aromatic rings. The second kappa shape index (κ2) is 6.55. The maximum absolute atomic E-state index is 6.04. The molecule has 0 amide bonds. The normalized spacial score (nSPS) is 10.9. The fourth-order valence-corrected chi connectivity index (χ4v) is 2.76. The summed E-state index contributed by atoms with van der Waals surface area (Å²) in [7, 11) is 0. The number of halogens is 2. The summed E-state index contributed by atoms with van der Waals surface area (Å²) in [6, 6.07) is 1.66. The van der Waals surface area contributed by atoms with Gasteiger partial charge in [0, 0.05) is 0 Å². The molecule has 6 heteroatoms. The molecule has 0 saturated carbocycles. The minimum atomic E-state index is 0.431. The highest BCUT2D eigenvalue weighted by Gasteiger charge is 2.09. The predicted octanol–water partition coefficient (Wildman–Crippen LogP) is 3.81. The molecule has 1 rings (SSSR count). The summed E-state index contributed by atoms with van der Waals surface area (Å²) in [6.45, 7) is 4.37. The number of nitrogen functional groups attached to an aromatic ring is 1. The van der Waals surface area contributed by atoms with Gasteiger partial charge in [0.15, 0.2) is 5.82 Å². The van der Waals surface area contributed by atoms with E-state index in [0.717, 1.165) is 17.2 Å². The Morgan fingerprint density at radius 3 is 2.69 bits per heavy atom. The topological polar surface area (TPSA) is 50.9 Å². The van der Waals surface area contributed by atoms with Gasteiger partial charge >= 0.3 is 0 Å². The average molecular weight is 280 g/mol. The first-order chi connectivity index (χ1) is 7.54. The van der Waals surface area contributed by atoms with Crippen LogP contribution in [0.15, 0.2) is 11.1 Å². The monoisotopic (exact) mass is 279 g/mol. The van der Waals surface area contributed by atoms with Crippen LogP contribution in [0.5, 0.6) is 0 Å². The van der Waals surface area contributed by atoms with Gasteiger partial charge in [-0.3, -0.25) is 0 Å². The van der Waals surface area contributed by atoms with Gasteiger partial charge in [0.2, 0.25) is 0 Å². The third-order valence-electron chi connectivity index (χ3n) is 1.97. The Balaban J connectivity index is 2.72. The third kappa shape index (κ3) is 4.01. The van der Waals surface area contributed by atoms with Crippen LogP contribution < -0.4 is 11.3 Å². The molecule has 0 fully saturated rings. The maximum Gasteiger partial charge on any atom is 0.160 e. The summed E-state index contributed by atoms with van der Waals surface area (Å²) >= 11 is 13.5. The number of hydrogen-bond acceptors (Lipinski definition) is 4. The number of rotatable bonds is 5. The van der Waals surface area contributed by atoms with E-state index in [4.69, 9.17) is 29.0 Å². The maximum atomic E-state index is 6.04. The Bertz CT molecular complexity index is 358. The van der Waals surface area contributed by atoms with Crippen LogP contribution in [0.4, 0.5) is 5.82 Å². The lowest BCUT2D eigenvalue weighted by molar-refractivity contribution is 0.632.